The summed E-state index contributed by atoms with van der Waals surface area (Å²) >= 11 is 0. The fraction of sp³-hybridized carbons (Fsp3) is 0.647. The van der Waals surface area contributed by atoms with Crippen LogP contribution in [0.1, 0.15) is 70.4 Å². The molecule has 2 aliphatic heterocycles. The predicted octanol–water partition coefficient (Wildman–Crippen LogP) is 2.23. The topological polar surface area (TPSA) is 154 Å². The zero-order valence-corrected chi connectivity index (χ0v) is 28.3. The van der Waals surface area contributed by atoms with Crippen LogP contribution in [0.3, 0.4) is 0 Å². The van der Waals surface area contributed by atoms with Crippen molar-refractivity contribution in [2.75, 3.05) is 19.6 Å². The van der Waals surface area contributed by atoms with Gasteiger partial charge < -0.3 is 25.2 Å². The van der Waals surface area contributed by atoms with E-state index in [1.54, 1.807) is 4.90 Å². The van der Waals surface area contributed by atoms with E-state index >= 15 is 0 Å². The third kappa shape index (κ3) is 7.20. The number of ether oxygens (including phenoxy) is 1. The number of rotatable bonds is 11. The Morgan fingerprint density at radius 3 is 2.43 bits per heavy atom. The molecule has 1 aromatic carbocycles. The second-order valence-corrected chi connectivity index (χ2v) is 17.0. The van der Waals surface area contributed by atoms with Gasteiger partial charge in [-0.15, -0.1) is 6.58 Å². The number of hydrogen-bond donors (Lipinski definition) is 3. The van der Waals surface area contributed by atoms with Gasteiger partial charge in [0, 0.05) is 25.4 Å². The molecule has 1 aromatic rings. The average molecular weight is 670 g/mol. The fourth-order valence-electron chi connectivity index (χ4n) is 6.80. The monoisotopic (exact) mass is 669 g/mol. The molecule has 0 spiro atoms. The number of nitrogens with one attached hydrogen (secondary N) is 3. The van der Waals surface area contributed by atoms with Gasteiger partial charge in [0.1, 0.15) is 17.7 Å². The number of likely N-dealkylation sites (tertiary alicyclic amines) is 1. The van der Waals surface area contributed by atoms with Crippen LogP contribution in [0.2, 0.25) is 0 Å². The van der Waals surface area contributed by atoms with Gasteiger partial charge in [-0.2, -0.15) is 0 Å². The van der Waals surface area contributed by atoms with E-state index < -0.39 is 68.2 Å². The Morgan fingerprint density at radius 2 is 1.81 bits per heavy atom. The maximum Gasteiger partial charge on any atom is 0.410 e. The van der Waals surface area contributed by atoms with Crippen LogP contribution in [0.15, 0.2) is 36.9 Å². The summed E-state index contributed by atoms with van der Waals surface area (Å²) in [6.07, 6.45) is 4.40. The van der Waals surface area contributed by atoms with Crippen LogP contribution in [0.25, 0.3) is 0 Å². The number of amides is 4. The highest BCUT2D eigenvalue weighted by molar-refractivity contribution is 7.91. The molecule has 3 saturated carbocycles. The number of carbonyl (C=O) groups excluding carboxylic acids is 4. The molecule has 0 unspecified atom stereocenters. The van der Waals surface area contributed by atoms with Crippen LogP contribution in [-0.2, 0) is 42.1 Å². The molecule has 12 nitrogen and oxygen atoms in total. The van der Waals surface area contributed by atoms with Crippen molar-refractivity contribution >= 4 is 33.8 Å². The Balaban J connectivity index is 1.20. The number of fused-ring (bicyclic) bond motifs is 1. The molecule has 47 heavy (non-hydrogen) atoms. The fourth-order valence-corrected chi connectivity index (χ4v) is 8.16. The number of benzene rings is 1. The zero-order valence-electron chi connectivity index (χ0n) is 27.5. The van der Waals surface area contributed by atoms with Crippen molar-refractivity contribution < 1.29 is 32.3 Å². The standard InChI is InChI=1S/C34H47N5O7S/c1-5-24-17-34(24,31(42)37-47(44,45)26-12-13-26)36-29(40)27-16-25(46-32(43)38-15-14-22-8-6-7-9-23(22)19-38)20-39(27)30(41)28(33(2,3)4)35-18-21-10-11-21/h5-9,21,24-28,35H,1,10-20H2,2-4H3,(H,36,40)(H,37,42)/t24-,25-,27+,28-,34-/m1/s1. The minimum Gasteiger partial charge on any atom is -0.444 e. The summed E-state index contributed by atoms with van der Waals surface area (Å²) in [5.41, 5.74) is 0.281. The van der Waals surface area contributed by atoms with E-state index in [1.807, 2.05) is 39.0 Å². The molecule has 13 heteroatoms. The lowest BCUT2D eigenvalue weighted by molar-refractivity contribution is -0.143. The molecule has 0 radical (unpaired) electrons. The predicted molar refractivity (Wildman–Crippen MR) is 174 cm³/mol. The van der Waals surface area contributed by atoms with Gasteiger partial charge in [-0.05, 0) is 67.5 Å². The summed E-state index contributed by atoms with van der Waals surface area (Å²) in [4.78, 5) is 58.2. The molecule has 256 valence electrons. The van der Waals surface area contributed by atoms with Crippen LogP contribution in [0.5, 0.6) is 0 Å². The van der Waals surface area contributed by atoms with Gasteiger partial charge in [-0.25, -0.2) is 13.2 Å². The van der Waals surface area contributed by atoms with Crippen molar-refractivity contribution in [2.45, 2.75) is 101 Å². The average Bonchev–Trinajstić information content (AvgIpc) is 3.90. The molecule has 5 aliphatic rings. The van der Waals surface area contributed by atoms with Gasteiger partial charge in [-0.1, -0.05) is 51.1 Å². The van der Waals surface area contributed by atoms with Gasteiger partial charge in [0.05, 0.1) is 17.8 Å². The Hall–Kier alpha value is -3.45. The van der Waals surface area contributed by atoms with Crippen molar-refractivity contribution in [1.82, 2.24) is 25.2 Å². The molecular weight excluding hydrogens is 622 g/mol. The third-order valence-corrected chi connectivity index (χ3v) is 12.0. The highest BCUT2D eigenvalue weighted by Crippen LogP contribution is 2.45. The van der Waals surface area contributed by atoms with Gasteiger partial charge in [0.2, 0.25) is 21.8 Å². The summed E-state index contributed by atoms with van der Waals surface area (Å²) in [6, 6.07) is 6.31. The minimum atomic E-state index is -3.85. The van der Waals surface area contributed by atoms with Gasteiger partial charge in [0.15, 0.2) is 0 Å². The van der Waals surface area contributed by atoms with Gasteiger partial charge in [-0.3, -0.25) is 19.1 Å². The number of sulfonamides is 1. The number of hydrogen-bond acceptors (Lipinski definition) is 8. The first-order valence-electron chi connectivity index (χ1n) is 16.8. The molecule has 1 saturated heterocycles. The smallest absolute Gasteiger partial charge is 0.410 e. The lowest BCUT2D eigenvalue weighted by Gasteiger charge is -2.36. The van der Waals surface area contributed by atoms with Crippen LogP contribution < -0.4 is 15.4 Å². The normalized spacial score (nSPS) is 27.8. The van der Waals surface area contributed by atoms with Gasteiger partial charge in [0.25, 0.3) is 5.91 Å². The van der Waals surface area contributed by atoms with Crippen LogP contribution in [0.4, 0.5) is 4.79 Å². The molecule has 3 aliphatic carbocycles. The highest BCUT2D eigenvalue weighted by Gasteiger charge is 2.62. The maximum atomic E-state index is 14.3. The van der Waals surface area contributed by atoms with Crippen molar-refractivity contribution in [3.8, 4) is 0 Å². The van der Waals surface area contributed by atoms with Crippen LogP contribution in [-0.4, -0.2) is 90.6 Å². The van der Waals surface area contributed by atoms with E-state index in [-0.39, 0.29) is 25.3 Å². The van der Waals surface area contributed by atoms with E-state index in [1.165, 1.54) is 16.5 Å². The molecule has 0 aromatic heterocycles. The molecule has 2 heterocycles. The summed E-state index contributed by atoms with van der Waals surface area (Å²) in [5.74, 6) is -1.63. The Bertz CT molecular complexity index is 1550. The zero-order chi connectivity index (χ0) is 33.7. The third-order valence-electron chi connectivity index (χ3n) is 10.2. The van der Waals surface area contributed by atoms with Crippen molar-refractivity contribution in [2.24, 2.45) is 17.3 Å². The summed E-state index contributed by atoms with van der Waals surface area (Å²) < 4.78 is 33.3. The van der Waals surface area contributed by atoms with Gasteiger partial charge >= 0.3 is 6.09 Å². The summed E-state index contributed by atoms with van der Waals surface area (Å²) in [7, 11) is -3.85. The molecule has 6 rings (SSSR count). The first kappa shape index (κ1) is 33.5. The van der Waals surface area contributed by atoms with Crippen LogP contribution in [0, 0.1) is 17.3 Å². The second kappa shape index (κ2) is 12.5. The molecular formula is C34H47N5O7S. The Labute approximate surface area is 277 Å². The highest BCUT2D eigenvalue weighted by atomic mass is 32.2. The molecule has 4 fully saturated rings. The summed E-state index contributed by atoms with van der Waals surface area (Å²) in [5, 5.41) is 5.63. The molecule has 5 atom stereocenters. The summed E-state index contributed by atoms with van der Waals surface area (Å²) in [6.45, 7) is 11.3. The maximum absolute atomic E-state index is 14.3. The quantitative estimate of drug-likeness (QED) is 0.303. The van der Waals surface area contributed by atoms with E-state index in [2.05, 4.69) is 28.0 Å². The SMILES string of the molecule is C=C[C@@H]1C[C@]1(NC(=O)[C@@H]1C[C@@H](OC(=O)N2CCc3ccccc3C2)CN1C(=O)[C@@H](NCC1CC1)C(C)(C)C)C(=O)NS(=O)(=O)C1CC1. The number of carbonyl (C=O) groups is 4. The van der Waals surface area contributed by atoms with E-state index in [9.17, 15) is 27.6 Å². The Morgan fingerprint density at radius 1 is 1.11 bits per heavy atom. The van der Waals surface area contributed by atoms with E-state index in [4.69, 9.17) is 4.74 Å². The first-order chi connectivity index (χ1) is 22.2. The molecule has 4 amide bonds. The Kier molecular flexibility index (Phi) is 8.92. The minimum absolute atomic E-state index is 0.0188. The van der Waals surface area contributed by atoms with Crippen LogP contribution >= 0.6 is 0 Å². The molecule has 0 bridgehead atoms. The second-order valence-electron chi connectivity index (χ2n) is 15.0. The lowest BCUT2D eigenvalue weighted by atomic mass is 9.85. The van der Waals surface area contributed by atoms with E-state index in [0.29, 0.717) is 44.8 Å². The largest absolute Gasteiger partial charge is 0.444 e. The number of nitrogens with zero attached hydrogens (tertiary/aromatic N) is 2. The van der Waals surface area contributed by atoms with Crippen molar-refractivity contribution in [1.29, 1.82) is 0 Å². The van der Waals surface area contributed by atoms with Crippen molar-refractivity contribution in [3.05, 3.63) is 48.0 Å². The van der Waals surface area contributed by atoms with E-state index in [0.717, 1.165) is 18.4 Å². The van der Waals surface area contributed by atoms with Crippen molar-refractivity contribution in [3.63, 3.8) is 0 Å². The molecule has 3 N–H and O–H groups in total. The first-order valence-corrected chi connectivity index (χ1v) is 18.3. The lowest BCUT2D eigenvalue weighted by Crippen LogP contribution is -2.59.